The van der Waals surface area contributed by atoms with Crippen LogP contribution in [-0.4, -0.2) is 25.0 Å². The average molecular weight is 245 g/mol. The number of para-hydroxylation sites is 1. The zero-order valence-corrected chi connectivity index (χ0v) is 10.4. The molecule has 0 unspecified atom stereocenters. The molecular formula is C14H15NO3. The summed E-state index contributed by atoms with van der Waals surface area (Å²) in [4.78, 5) is 13.6. The summed E-state index contributed by atoms with van der Waals surface area (Å²) in [6.07, 6.45) is 1.49. The standard InChI is InChI=1S/C14H15NO3/c1-15(14(16)13-8-5-9-18-13)10-11-6-3-4-7-12(11)17-2/h3-9H,10H2,1-2H3. The second-order valence-electron chi connectivity index (χ2n) is 3.95. The smallest absolute Gasteiger partial charge is 0.289 e. The van der Waals surface area contributed by atoms with Crippen LogP contribution in [0.5, 0.6) is 5.75 Å². The Balaban J connectivity index is 2.11. The summed E-state index contributed by atoms with van der Waals surface area (Å²) in [6.45, 7) is 0.476. The Morgan fingerprint density at radius 3 is 2.72 bits per heavy atom. The first kappa shape index (κ1) is 12.2. The van der Waals surface area contributed by atoms with E-state index in [0.717, 1.165) is 11.3 Å². The minimum Gasteiger partial charge on any atom is -0.496 e. The first-order chi connectivity index (χ1) is 8.72. The van der Waals surface area contributed by atoms with Crippen LogP contribution >= 0.6 is 0 Å². The van der Waals surface area contributed by atoms with Gasteiger partial charge in [0.25, 0.3) is 5.91 Å². The van der Waals surface area contributed by atoms with Crippen molar-refractivity contribution in [3.05, 3.63) is 54.0 Å². The van der Waals surface area contributed by atoms with Crippen molar-refractivity contribution in [2.24, 2.45) is 0 Å². The second-order valence-corrected chi connectivity index (χ2v) is 3.95. The molecule has 0 N–H and O–H groups in total. The van der Waals surface area contributed by atoms with Crippen LogP contribution in [0.4, 0.5) is 0 Å². The lowest BCUT2D eigenvalue weighted by molar-refractivity contribution is 0.0752. The molecule has 18 heavy (non-hydrogen) atoms. The molecule has 4 nitrogen and oxygen atoms in total. The Kier molecular flexibility index (Phi) is 3.67. The Hall–Kier alpha value is -2.23. The molecule has 1 aromatic carbocycles. The van der Waals surface area contributed by atoms with Gasteiger partial charge in [0.15, 0.2) is 5.76 Å². The first-order valence-electron chi connectivity index (χ1n) is 5.63. The van der Waals surface area contributed by atoms with Gasteiger partial charge in [0.05, 0.1) is 13.4 Å². The van der Waals surface area contributed by atoms with Gasteiger partial charge in [-0.2, -0.15) is 0 Å². The van der Waals surface area contributed by atoms with E-state index in [1.807, 2.05) is 24.3 Å². The van der Waals surface area contributed by atoms with Crippen LogP contribution in [0.2, 0.25) is 0 Å². The fourth-order valence-corrected chi connectivity index (χ4v) is 1.75. The number of furan rings is 1. The number of benzene rings is 1. The highest BCUT2D eigenvalue weighted by Crippen LogP contribution is 2.19. The zero-order valence-electron chi connectivity index (χ0n) is 10.4. The van der Waals surface area contributed by atoms with Crippen LogP contribution in [0, 0.1) is 0 Å². The molecule has 0 spiro atoms. The van der Waals surface area contributed by atoms with E-state index in [1.54, 1.807) is 31.2 Å². The van der Waals surface area contributed by atoms with Crippen LogP contribution in [0.15, 0.2) is 47.1 Å². The molecule has 94 valence electrons. The van der Waals surface area contributed by atoms with Gasteiger partial charge in [-0.05, 0) is 18.2 Å². The number of carbonyl (C=O) groups is 1. The van der Waals surface area contributed by atoms with Crippen LogP contribution in [0.3, 0.4) is 0 Å². The predicted molar refractivity (Wildman–Crippen MR) is 67.5 cm³/mol. The van der Waals surface area contributed by atoms with Crippen molar-refractivity contribution in [2.45, 2.75) is 6.54 Å². The molecule has 0 saturated heterocycles. The summed E-state index contributed by atoms with van der Waals surface area (Å²) in [5.74, 6) is 0.967. The molecule has 0 bridgehead atoms. The van der Waals surface area contributed by atoms with Crippen molar-refractivity contribution >= 4 is 5.91 Å². The molecule has 0 aliphatic heterocycles. The van der Waals surface area contributed by atoms with Gasteiger partial charge in [-0.3, -0.25) is 4.79 Å². The number of hydrogen-bond acceptors (Lipinski definition) is 3. The van der Waals surface area contributed by atoms with Crippen LogP contribution < -0.4 is 4.74 Å². The highest BCUT2D eigenvalue weighted by atomic mass is 16.5. The number of carbonyl (C=O) groups excluding carboxylic acids is 1. The number of ether oxygens (including phenoxy) is 1. The molecule has 0 radical (unpaired) electrons. The normalized spacial score (nSPS) is 10.1. The van der Waals surface area contributed by atoms with Gasteiger partial charge < -0.3 is 14.1 Å². The van der Waals surface area contributed by atoms with Crippen LogP contribution in [0.25, 0.3) is 0 Å². The Morgan fingerprint density at radius 2 is 2.06 bits per heavy atom. The number of hydrogen-bond donors (Lipinski definition) is 0. The summed E-state index contributed by atoms with van der Waals surface area (Å²) in [6, 6.07) is 11.0. The predicted octanol–water partition coefficient (Wildman–Crippen LogP) is 2.56. The van der Waals surface area contributed by atoms with E-state index in [4.69, 9.17) is 9.15 Å². The van der Waals surface area contributed by atoms with E-state index in [9.17, 15) is 4.79 Å². The van der Waals surface area contributed by atoms with E-state index in [1.165, 1.54) is 6.26 Å². The van der Waals surface area contributed by atoms with Crippen LogP contribution in [-0.2, 0) is 6.54 Å². The van der Waals surface area contributed by atoms with E-state index in [2.05, 4.69) is 0 Å². The summed E-state index contributed by atoms with van der Waals surface area (Å²) in [5, 5.41) is 0. The lowest BCUT2D eigenvalue weighted by Crippen LogP contribution is -2.25. The largest absolute Gasteiger partial charge is 0.496 e. The van der Waals surface area contributed by atoms with Crippen LogP contribution in [0.1, 0.15) is 16.1 Å². The van der Waals surface area contributed by atoms with Crippen molar-refractivity contribution in [3.8, 4) is 5.75 Å². The number of amides is 1. The third kappa shape index (κ3) is 2.53. The van der Waals surface area contributed by atoms with Crippen molar-refractivity contribution < 1.29 is 13.9 Å². The van der Waals surface area contributed by atoms with Gasteiger partial charge in [0.2, 0.25) is 0 Å². The fourth-order valence-electron chi connectivity index (χ4n) is 1.75. The third-order valence-electron chi connectivity index (χ3n) is 2.68. The molecule has 0 saturated carbocycles. The molecule has 1 heterocycles. The molecule has 0 fully saturated rings. The molecule has 0 atom stereocenters. The second kappa shape index (κ2) is 5.40. The highest BCUT2D eigenvalue weighted by molar-refractivity contribution is 5.91. The quantitative estimate of drug-likeness (QED) is 0.831. The molecule has 2 rings (SSSR count). The zero-order chi connectivity index (χ0) is 13.0. The molecule has 0 aliphatic rings. The summed E-state index contributed by atoms with van der Waals surface area (Å²) in [7, 11) is 3.35. The third-order valence-corrected chi connectivity index (χ3v) is 2.68. The van der Waals surface area contributed by atoms with Gasteiger partial charge in [0, 0.05) is 19.2 Å². The summed E-state index contributed by atoms with van der Waals surface area (Å²) < 4.78 is 10.3. The molecule has 2 aromatic rings. The van der Waals surface area contributed by atoms with E-state index >= 15 is 0 Å². The maximum absolute atomic E-state index is 12.0. The minimum absolute atomic E-state index is 0.147. The minimum atomic E-state index is -0.147. The maximum Gasteiger partial charge on any atom is 0.289 e. The van der Waals surface area contributed by atoms with Gasteiger partial charge >= 0.3 is 0 Å². The monoisotopic (exact) mass is 245 g/mol. The Morgan fingerprint density at radius 1 is 1.28 bits per heavy atom. The van der Waals surface area contributed by atoms with Gasteiger partial charge in [-0.25, -0.2) is 0 Å². The first-order valence-corrected chi connectivity index (χ1v) is 5.63. The maximum atomic E-state index is 12.0. The molecular weight excluding hydrogens is 230 g/mol. The van der Waals surface area contributed by atoms with Gasteiger partial charge in [-0.1, -0.05) is 18.2 Å². The van der Waals surface area contributed by atoms with Gasteiger partial charge in [0.1, 0.15) is 5.75 Å². The number of rotatable bonds is 4. The average Bonchev–Trinajstić information content (AvgIpc) is 2.92. The van der Waals surface area contributed by atoms with Crippen molar-refractivity contribution in [3.63, 3.8) is 0 Å². The molecule has 0 aliphatic carbocycles. The number of methoxy groups -OCH3 is 1. The Labute approximate surface area is 106 Å². The van der Waals surface area contributed by atoms with Crippen molar-refractivity contribution in [1.29, 1.82) is 0 Å². The van der Waals surface area contributed by atoms with Gasteiger partial charge in [-0.15, -0.1) is 0 Å². The summed E-state index contributed by atoms with van der Waals surface area (Å²) in [5.41, 5.74) is 0.961. The SMILES string of the molecule is COc1ccccc1CN(C)C(=O)c1ccco1. The molecule has 1 aromatic heterocycles. The van der Waals surface area contributed by atoms with E-state index in [0.29, 0.717) is 12.3 Å². The van der Waals surface area contributed by atoms with Crippen molar-refractivity contribution in [2.75, 3.05) is 14.2 Å². The topological polar surface area (TPSA) is 42.7 Å². The molecule has 4 heteroatoms. The van der Waals surface area contributed by atoms with Crippen molar-refractivity contribution in [1.82, 2.24) is 4.90 Å². The van der Waals surface area contributed by atoms with E-state index in [-0.39, 0.29) is 5.91 Å². The summed E-state index contributed by atoms with van der Waals surface area (Å²) >= 11 is 0. The fraction of sp³-hybridized carbons (Fsp3) is 0.214. The molecule has 1 amide bonds. The van der Waals surface area contributed by atoms with E-state index < -0.39 is 0 Å². The highest BCUT2D eigenvalue weighted by Gasteiger charge is 2.15. The lowest BCUT2D eigenvalue weighted by atomic mass is 10.2. The number of nitrogens with zero attached hydrogens (tertiary/aromatic N) is 1. The lowest BCUT2D eigenvalue weighted by Gasteiger charge is -2.17. The Bertz CT molecular complexity index is 520.